The molecule has 1 amide bonds. The van der Waals surface area contributed by atoms with E-state index in [0.717, 1.165) is 33.6 Å². The predicted octanol–water partition coefficient (Wildman–Crippen LogP) is 5.46. The number of hydrogen-bond donors (Lipinski definition) is 1. The molecule has 1 unspecified atom stereocenters. The number of fused-ring (bicyclic) bond motifs is 1. The minimum absolute atomic E-state index is 0.107. The van der Waals surface area contributed by atoms with Crippen LogP contribution in [-0.2, 0) is 4.79 Å². The number of aromatic nitrogens is 2. The molecule has 5 heteroatoms. The predicted molar refractivity (Wildman–Crippen MR) is 115 cm³/mol. The number of amides is 1. The summed E-state index contributed by atoms with van der Waals surface area (Å²) in [6, 6.07) is 24.4. The molecule has 5 rings (SSSR count). The van der Waals surface area contributed by atoms with Gasteiger partial charge in [-0.25, -0.2) is 9.07 Å². The molecule has 0 bridgehead atoms. The molecule has 0 spiro atoms. The molecule has 1 aromatic heterocycles. The van der Waals surface area contributed by atoms with Gasteiger partial charge in [-0.05, 0) is 36.8 Å². The molecule has 2 heterocycles. The molecule has 4 nitrogen and oxygen atoms in total. The lowest BCUT2D eigenvalue weighted by atomic mass is 9.84. The van der Waals surface area contributed by atoms with Gasteiger partial charge in [-0.1, -0.05) is 60.2 Å². The van der Waals surface area contributed by atoms with Gasteiger partial charge in [-0.15, -0.1) is 0 Å². The lowest BCUT2D eigenvalue weighted by Crippen LogP contribution is -2.25. The Morgan fingerprint density at radius 2 is 1.77 bits per heavy atom. The summed E-state index contributed by atoms with van der Waals surface area (Å²) in [6.45, 7) is 2.03. The van der Waals surface area contributed by atoms with Gasteiger partial charge in [-0.3, -0.25) is 4.79 Å². The highest BCUT2D eigenvalue weighted by molar-refractivity contribution is 5.96. The fourth-order valence-electron chi connectivity index (χ4n) is 4.04. The Hall–Kier alpha value is -3.73. The third-order valence-corrected chi connectivity index (χ3v) is 5.49. The van der Waals surface area contributed by atoms with Crippen molar-refractivity contribution in [2.24, 2.45) is 0 Å². The highest BCUT2D eigenvalue weighted by Crippen LogP contribution is 2.43. The molecule has 1 aliphatic heterocycles. The van der Waals surface area contributed by atoms with Crippen molar-refractivity contribution >= 4 is 11.7 Å². The van der Waals surface area contributed by atoms with Gasteiger partial charge in [0.15, 0.2) is 0 Å². The average molecular weight is 397 g/mol. The molecule has 1 aliphatic rings. The molecule has 148 valence electrons. The topological polar surface area (TPSA) is 46.9 Å². The van der Waals surface area contributed by atoms with Crippen LogP contribution in [0.25, 0.3) is 16.9 Å². The second-order valence-corrected chi connectivity index (χ2v) is 7.58. The lowest BCUT2D eigenvalue weighted by Gasteiger charge is -2.25. The molecule has 1 N–H and O–H groups in total. The van der Waals surface area contributed by atoms with Crippen LogP contribution in [0.1, 0.15) is 29.0 Å². The first-order valence-corrected chi connectivity index (χ1v) is 9.91. The minimum atomic E-state index is -0.313. The number of hydrogen-bond acceptors (Lipinski definition) is 2. The number of aryl methyl sites for hydroxylation is 1. The monoisotopic (exact) mass is 397 g/mol. The van der Waals surface area contributed by atoms with Gasteiger partial charge < -0.3 is 5.32 Å². The van der Waals surface area contributed by atoms with E-state index in [4.69, 9.17) is 5.10 Å². The zero-order valence-electron chi connectivity index (χ0n) is 16.5. The quantitative estimate of drug-likeness (QED) is 0.499. The van der Waals surface area contributed by atoms with Crippen molar-refractivity contribution in [1.29, 1.82) is 0 Å². The van der Waals surface area contributed by atoms with E-state index in [1.54, 1.807) is 10.7 Å². The summed E-state index contributed by atoms with van der Waals surface area (Å²) >= 11 is 0. The van der Waals surface area contributed by atoms with Gasteiger partial charge in [0.05, 0.1) is 11.4 Å². The third kappa shape index (κ3) is 3.18. The number of halogens is 1. The summed E-state index contributed by atoms with van der Waals surface area (Å²) < 4.78 is 15.8. The lowest BCUT2D eigenvalue weighted by molar-refractivity contribution is -0.116. The highest BCUT2D eigenvalue weighted by Gasteiger charge is 2.34. The van der Waals surface area contributed by atoms with Crippen LogP contribution in [0.3, 0.4) is 0 Å². The Balaban J connectivity index is 1.77. The largest absolute Gasteiger partial charge is 0.310 e. The van der Waals surface area contributed by atoms with Crippen LogP contribution < -0.4 is 5.32 Å². The summed E-state index contributed by atoms with van der Waals surface area (Å²) in [5, 5.41) is 7.92. The Morgan fingerprint density at radius 1 is 1.00 bits per heavy atom. The van der Waals surface area contributed by atoms with Crippen LogP contribution in [0.5, 0.6) is 0 Å². The number of nitrogens with zero attached hydrogens (tertiary/aromatic N) is 2. The maximum atomic E-state index is 14.0. The molecular formula is C25H20FN3O. The van der Waals surface area contributed by atoms with Gasteiger partial charge in [0.25, 0.3) is 0 Å². The van der Waals surface area contributed by atoms with E-state index in [1.807, 2.05) is 67.6 Å². The van der Waals surface area contributed by atoms with Crippen molar-refractivity contribution in [2.45, 2.75) is 19.3 Å². The van der Waals surface area contributed by atoms with Gasteiger partial charge >= 0.3 is 0 Å². The molecule has 3 aromatic carbocycles. The average Bonchev–Trinajstić information content (AvgIpc) is 3.13. The minimum Gasteiger partial charge on any atom is -0.310 e. The number of benzene rings is 3. The van der Waals surface area contributed by atoms with Crippen LogP contribution >= 0.6 is 0 Å². The molecule has 0 saturated heterocycles. The molecule has 1 atom stereocenters. The van der Waals surface area contributed by atoms with Crippen LogP contribution in [0.2, 0.25) is 0 Å². The highest BCUT2D eigenvalue weighted by atomic mass is 19.1. The first-order chi connectivity index (χ1) is 14.6. The Morgan fingerprint density at radius 3 is 2.50 bits per heavy atom. The molecular weight excluding hydrogens is 377 g/mol. The van der Waals surface area contributed by atoms with Crippen LogP contribution in [0, 0.1) is 12.7 Å². The second-order valence-electron chi connectivity index (χ2n) is 7.58. The first kappa shape index (κ1) is 18.3. The number of rotatable bonds is 3. The number of carbonyl (C=O) groups excluding carboxylic acids is 1. The van der Waals surface area contributed by atoms with E-state index in [2.05, 4.69) is 5.32 Å². The zero-order chi connectivity index (χ0) is 20.7. The van der Waals surface area contributed by atoms with Crippen molar-refractivity contribution < 1.29 is 9.18 Å². The van der Waals surface area contributed by atoms with E-state index in [9.17, 15) is 9.18 Å². The van der Waals surface area contributed by atoms with E-state index < -0.39 is 0 Å². The molecule has 0 aliphatic carbocycles. The van der Waals surface area contributed by atoms with Gasteiger partial charge in [0, 0.05) is 23.5 Å². The van der Waals surface area contributed by atoms with Gasteiger partial charge in [0.2, 0.25) is 5.91 Å². The standard InChI is InChI=1S/C25H20FN3O/c1-16-10-12-20(13-11-16)29-25-23(24(28-29)17-6-3-2-4-7-17)21(15-22(30)27-25)18-8-5-9-19(26)14-18/h2-14,21H,15H2,1H3,(H,27,30). The summed E-state index contributed by atoms with van der Waals surface area (Å²) in [5.74, 6) is -0.0566. The molecule has 0 fully saturated rings. The molecule has 30 heavy (non-hydrogen) atoms. The zero-order valence-corrected chi connectivity index (χ0v) is 16.5. The molecule has 4 aromatic rings. The fourth-order valence-corrected chi connectivity index (χ4v) is 4.04. The van der Waals surface area contributed by atoms with Crippen molar-refractivity contribution in [1.82, 2.24) is 9.78 Å². The smallest absolute Gasteiger partial charge is 0.226 e. The number of carbonyl (C=O) groups is 1. The fraction of sp³-hybridized carbons (Fsp3) is 0.120. The maximum Gasteiger partial charge on any atom is 0.226 e. The van der Waals surface area contributed by atoms with Gasteiger partial charge in [0.1, 0.15) is 11.6 Å². The maximum absolute atomic E-state index is 14.0. The van der Waals surface area contributed by atoms with Crippen molar-refractivity contribution in [3.63, 3.8) is 0 Å². The third-order valence-electron chi connectivity index (χ3n) is 5.49. The first-order valence-electron chi connectivity index (χ1n) is 9.91. The molecule has 0 radical (unpaired) electrons. The summed E-state index contributed by atoms with van der Waals surface area (Å²) in [5.41, 5.74) is 5.43. The van der Waals surface area contributed by atoms with E-state index in [1.165, 1.54) is 12.1 Å². The van der Waals surface area contributed by atoms with Crippen molar-refractivity contribution in [2.75, 3.05) is 5.32 Å². The summed E-state index contributed by atoms with van der Waals surface area (Å²) in [6.07, 6.45) is 0.246. The number of anilines is 1. The van der Waals surface area contributed by atoms with E-state index in [0.29, 0.717) is 5.82 Å². The second kappa shape index (κ2) is 7.26. The number of nitrogens with one attached hydrogen (secondary N) is 1. The van der Waals surface area contributed by atoms with E-state index in [-0.39, 0.29) is 24.1 Å². The van der Waals surface area contributed by atoms with Crippen molar-refractivity contribution in [3.05, 3.63) is 101 Å². The Kier molecular flexibility index (Phi) is 4.43. The summed E-state index contributed by atoms with van der Waals surface area (Å²) in [7, 11) is 0. The van der Waals surface area contributed by atoms with Crippen molar-refractivity contribution in [3.8, 4) is 16.9 Å². The van der Waals surface area contributed by atoms with Gasteiger partial charge in [-0.2, -0.15) is 5.10 Å². The Labute approximate surface area is 174 Å². The van der Waals surface area contributed by atoms with Crippen LogP contribution in [0.4, 0.5) is 10.2 Å². The van der Waals surface area contributed by atoms with Crippen LogP contribution in [0.15, 0.2) is 78.9 Å². The molecule has 0 saturated carbocycles. The SMILES string of the molecule is Cc1ccc(-n2nc(-c3ccccc3)c3c2NC(=O)CC3c2cccc(F)c2)cc1. The van der Waals surface area contributed by atoms with Crippen LogP contribution in [-0.4, -0.2) is 15.7 Å². The Bertz CT molecular complexity index is 1230. The van der Waals surface area contributed by atoms with E-state index >= 15 is 0 Å². The summed E-state index contributed by atoms with van der Waals surface area (Å²) in [4.78, 5) is 12.6. The normalized spacial score (nSPS) is 15.5.